The number of carbonyl (C=O) groups excluding carboxylic acids is 1. The average Bonchev–Trinajstić information content (AvgIpc) is 2.72. The van der Waals surface area contributed by atoms with Gasteiger partial charge in [0.1, 0.15) is 0 Å². The Morgan fingerprint density at radius 1 is 1.11 bits per heavy atom. The van der Waals surface area contributed by atoms with Gasteiger partial charge in [0.05, 0.1) is 0 Å². The van der Waals surface area contributed by atoms with Crippen LogP contribution in [-0.2, 0) is 21.1 Å². The molecule has 0 aliphatic heterocycles. The van der Waals surface area contributed by atoms with Crippen LogP contribution in [0.2, 0.25) is 0 Å². The van der Waals surface area contributed by atoms with Gasteiger partial charge in [-0.05, 0) is 6.42 Å². The number of fused-ring (bicyclic) bond motifs is 1. The van der Waals surface area contributed by atoms with E-state index in [9.17, 15) is 14.4 Å². The van der Waals surface area contributed by atoms with Crippen LogP contribution in [0, 0.1) is 0 Å². The predicted octanol–water partition coefficient (Wildman–Crippen LogP) is -0.0465. The monoisotopic (exact) mass is 264 g/mol. The van der Waals surface area contributed by atoms with E-state index in [0.29, 0.717) is 12.8 Å². The number of Topliss-reactive ketones (excluding diaryl/α,β-unsaturated/α-hetero) is 1. The van der Waals surface area contributed by atoms with E-state index >= 15 is 0 Å². The number of hydrogen-bond acceptors (Lipinski definition) is 4. The van der Waals surface area contributed by atoms with Gasteiger partial charge in [-0.3, -0.25) is 18.7 Å². The number of nitrogens with zero attached hydrogens (tertiary/aromatic N) is 4. The zero-order chi connectivity index (χ0) is 14.3. The summed E-state index contributed by atoms with van der Waals surface area (Å²) < 4.78 is 3.76. The first-order valence-corrected chi connectivity index (χ1v) is 6.05. The first kappa shape index (κ1) is 13.3. The molecular formula is C12H16N4O3. The van der Waals surface area contributed by atoms with Crippen LogP contribution in [0.4, 0.5) is 0 Å². The molecular weight excluding hydrogens is 248 g/mol. The van der Waals surface area contributed by atoms with Gasteiger partial charge in [-0.25, -0.2) is 9.78 Å². The van der Waals surface area contributed by atoms with E-state index in [0.717, 1.165) is 4.57 Å². The molecule has 0 saturated carbocycles. The van der Waals surface area contributed by atoms with E-state index in [4.69, 9.17) is 0 Å². The summed E-state index contributed by atoms with van der Waals surface area (Å²) in [6.07, 6.45) is 1.07. The lowest BCUT2D eigenvalue weighted by molar-refractivity contribution is 0.0969. The van der Waals surface area contributed by atoms with Crippen LogP contribution >= 0.6 is 0 Å². The molecule has 0 saturated heterocycles. The van der Waals surface area contributed by atoms with Crippen molar-refractivity contribution in [3.63, 3.8) is 0 Å². The van der Waals surface area contributed by atoms with Gasteiger partial charge in [-0.2, -0.15) is 0 Å². The SMILES string of the molecule is CCCC(=O)c1nc2c(c(=O)n(C)c(=O)n2C)n1C. The largest absolute Gasteiger partial charge is 0.332 e. The molecule has 0 amide bonds. The zero-order valence-electron chi connectivity index (χ0n) is 11.4. The number of aromatic nitrogens is 4. The Kier molecular flexibility index (Phi) is 3.13. The Morgan fingerprint density at radius 2 is 1.74 bits per heavy atom. The van der Waals surface area contributed by atoms with Crippen molar-refractivity contribution >= 4 is 16.9 Å². The molecule has 0 aliphatic carbocycles. The summed E-state index contributed by atoms with van der Waals surface area (Å²) in [5.74, 6) is 0.0888. The minimum absolute atomic E-state index is 0.129. The van der Waals surface area contributed by atoms with Gasteiger partial charge >= 0.3 is 5.69 Å². The summed E-state index contributed by atoms with van der Waals surface area (Å²) in [5, 5.41) is 0. The Labute approximate surface area is 109 Å². The molecule has 0 N–H and O–H groups in total. The van der Waals surface area contributed by atoms with Crippen LogP contribution in [0.3, 0.4) is 0 Å². The number of carbonyl (C=O) groups is 1. The maximum atomic E-state index is 12.1. The lowest BCUT2D eigenvalue weighted by atomic mass is 10.2. The summed E-state index contributed by atoms with van der Waals surface area (Å²) in [4.78, 5) is 40.0. The second-order valence-electron chi connectivity index (χ2n) is 4.55. The quantitative estimate of drug-likeness (QED) is 0.728. The normalized spacial score (nSPS) is 11.2. The minimum Gasteiger partial charge on any atom is -0.319 e. The van der Waals surface area contributed by atoms with Gasteiger partial charge in [0.15, 0.2) is 22.8 Å². The molecule has 2 aromatic rings. The molecule has 7 heteroatoms. The van der Waals surface area contributed by atoms with Gasteiger partial charge in [0.2, 0.25) is 0 Å². The van der Waals surface area contributed by atoms with E-state index in [2.05, 4.69) is 4.98 Å². The van der Waals surface area contributed by atoms with Crippen molar-refractivity contribution in [2.45, 2.75) is 19.8 Å². The van der Waals surface area contributed by atoms with Crippen molar-refractivity contribution in [1.82, 2.24) is 18.7 Å². The lowest BCUT2D eigenvalue weighted by Crippen LogP contribution is -2.37. The molecule has 2 aromatic heterocycles. The third-order valence-corrected chi connectivity index (χ3v) is 3.20. The highest BCUT2D eigenvalue weighted by molar-refractivity contribution is 5.95. The van der Waals surface area contributed by atoms with Crippen LogP contribution in [0.15, 0.2) is 9.59 Å². The van der Waals surface area contributed by atoms with Crippen molar-refractivity contribution in [2.24, 2.45) is 21.1 Å². The van der Waals surface area contributed by atoms with Gasteiger partial charge in [0, 0.05) is 27.6 Å². The summed E-state index contributed by atoms with van der Waals surface area (Å²) in [6.45, 7) is 1.90. The lowest BCUT2D eigenvalue weighted by Gasteiger charge is -2.03. The fourth-order valence-electron chi connectivity index (χ4n) is 2.11. The maximum Gasteiger partial charge on any atom is 0.332 e. The third-order valence-electron chi connectivity index (χ3n) is 3.20. The molecule has 0 atom stereocenters. The number of rotatable bonds is 3. The molecule has 0 aromatic carbocycles. The first-order chi connectivity index (χ1) is 8.90. The average molecular weight is 264 g/mol. The Balaban J connectivity index is 2.89. The molecule has 2 heterocycles. The van der Waals surface area contributed by atoms with E-state index in [-0.39, 0.29) is 22.8 Å². The van der Waals surface area contributed by atoms with Crippen LogP contribution in [0.1, 0.15) is 30.4 Å². The molecule has 0 radical (unpaired) electrons. The van der Waals surface area contributed by atoms with E-state index < -0.39 is 11.2 Å². The summed E-state index contributed by atoms with van der Waals surface area (Å²) in [5.41, 5.74) is -0.382. The standard InChI is InChI=1S/C12H16N4O3/c1-5-6-7(17)9-13-10-8(14(9)2)11(18)16(4)12(19)15(10)3/h5-6H2,1-4H3. The number of imidazole rings is 1. The second-order valence-corrected chi connectivity index (χ2v) is 4.55. The van der Waals surface area contributed by atoms with Crippen LogP contribution < -0.4 is 11.2 Å². The molecule has 0 bridgehead atoms. The summed E-state index contributed by atoms with van der Waals surface area (Å²) >= 11 is 0. The van der Waals surface area contributed by atoms with Gasteiger partial charge in [-0.1, -0.05) is 6.92 Å². The van der Waals surface area contributed by atoms with Crippen LogP contribution in [0.25, 0.3) is 11.2 Å². The van der Waals surface area contributed by atoms with E-state index in [1.165, 1.54) is 23.2 Å². The van der Waals surface area contributed by atoms with Crippen molar-refractivity contribution < 1.29 is 4.79 Å². The van der Waals surface area contributed by atoms with Gasteiger partial charge < -0.3 is 4.57 Å². The Hall–Kier alpha value is -2.18. The van der Waals surface area contributed by atoms with Gasteiger partial charge in [0.25, 0.3) is 5.56 Å². The van der Waals surface area contributed by atoms with Crippen LogP contribution in [0.5, 0.6) is 0 Å². The first-order valence-electron chi connectivity index (χ1n) is 6.05. The number of aryl methyl sites for hydroxylation is 2. The Morgan fingerprint density at radius 3 is 2.32 bits per heavy atom. The molecule has 0 spiro atoms. The van der Waals surface area contributed by atoms with Crippen molar-refractivity contribution in [1.29, 1.82) is 0 Å². The molecule has 102 valence electrons. The fraction of sp³-hybridized carbons (Fsp3) is 0.500. The van der Waals surface area contributed by atoms with Gasteiger partial charge in [-0.15, -0.1) is 0 Å². The smallest absolute Gasteiger partial charge is 0.319 e. The number of ketones is 1. The molecule has 0 fully saturated rings. The predicted molar refractivity (Wildman–Crippen MR) is 70.4 cm³/mol. The van der Waals surface area contributed by atoms with Crippen molar-refractivity contribution in [3.05, 3.63) is 26.7 Å². The molecule has 19 heavy (non-hydrogen) atoms. The fourth-order valence-corrected chi connectivity index (χ4v) is 2.11. The van der Waals surface area contributed by atoms with Crippen molar-refractivity contribution in [3.8, 4) is 0 Å². The highest BCUT2D eigenvalue weighted by atomic mass is 16.2. The zero-order valence-corrected chi connectivity index (χ0v) is 11.4. The molecule has 0 unspecified atom stereocenters. The summed E-state index contributed by atoms with van der Waals surface area (Å²) in [7, 11) is 4.56. The highest BCUT2D eigenvalue weighted by Gasteiger charge is 2.20. The minimum atomic E-state index is -0.454. The number of hydrogen-bond donors (Lipinski definition) is 0. The molecule has 7 nitrogen and oxygen atoms in total. The highest BCUT2D eigenvalue weighted by Crippen LogP contribution is 2.11. The van der Waals surface area contributed by atoms with Crippen LogP contribution in [-0.4, -0.2) is 24.5 Å². The van der Waals surface area contributed by atoms with Crippen molar-refractivity contribution in [2.75, 3.05) is 0 Å². The van der Waals surface area contributed by atoms with E-state index in [1.807, 2.05) is 6.92 Å². The molecule has 2 rings (SSSR count). The Bertz CT molecular complexity index is 779. The topological polar surface area (TPSA) is 78.9 Å². The third kappa shape index (κ3) is 1.81. The van der Waals surface area contributed by atoms with E-state index in [1.54, 1.807) is 7.05 Å². The summed E-state index contributed by atoms with van der Waals surface area (Å²) in [6, 6.07) is 0. The maximum absolute atomic E-state index is 12.1. The second kappa shape index (κ2) is 4.49. The molecule has 0 aliphatic rings.